The number of nitroso groups, excluding NO2 is 1. The Labute approximate surface area is 99.9 Å². The summed E-state index contributed by atoms with van der Waals surface area (Å²) in [5.41, 5.74) is -1.58. The van der Waals surface area contributed by atoms with Gasteiger partial charge in [0.1, 0.15) is 5.82 Å². The van der Waals surface area contributed by atoms with Crippen molar-refractivity contribution in [1.29, 1.82) is 0 Å². The van der Waals surface area contributed by atoms with E-state index >= 15 is 0 Å². The first-order chi connectivity index (χ1) is 7.45. The van der Waals surface area contributed by atoms with Gasteiger partial charge in [0.15, 0.2) is 0 Å². The molecule has 0 radical (unpaired) electrons. The molecule has 0 bridgehead atoms. The minimum atomic E-state index is -1.73. The van der Waals surface area contributed by atoms with Crippen LogP contribution < -0.4 is 0 Å². The van der Waals surface area contributed by atoms with Gasteiger partial charge in [-0.1, -0.05) is 6.07 Å². The minimum absolute atomic E-state index is 0.148. The Morgan fingerprint density at radius 1 is 1.56 bits per heavy atom. The van der Waals surface area contributed by atoms with E-state index in [0.29, 0.717) is 0 Å². The molecule has 1 rings (SSSR count). The highest BCUT2D eigenvalue weighted by Crippen LogP contribution is 2.29. The third-order valence-electron chi connectivity index (χ3n) is 2.25. The highest BCUT2D eigenvalue weighted by molar-refractivity contribution is 9.10. The lowest BCUT2D eigenvalue weighted by Gasteiger charge is -2.18. The molecular formula is C10H9BrFNO3. The van der Waals surface area contributed by atoms with Crippen LogP contribution in [0.3, 0.4) is 0 Å². The summed E-state index contributed by atoms with van der Waals surface area (Å²) in [7, 11) is 1.14. The Morgan fingerprint density at radius 3 is 2.62 bits per heavy atom. The lowest BCUT2D eigenvalue weighted by Crippen LogP contribution is -2.31. The van der Waals surface area contributed by atoms with Crippen LogP contribution in [0, 0.1) is 10.7 Å². The molecule has 1 aromatic carbocycles. The van der Waals surface area contributed by atoms with E-state index in [-0.39, 0.29) is 10.0 Å². The maximum atomic E-state index is 13.3. The van der Waals surface area contributed by atoms with E-state index < -0.39 is 17.3 Å². The molecule has 1 atom stereocenters. The van der Waals surface area contributed by atoms with Crippen LogP contribution in [0.25, 0.3) is 0 Å². The second-order valence-electron chi connectivity index (χ2n) is 3.28. The standard InChI is InChI=1S/C10H9BrFNO3/c1-10(13-15,9(14)16-2)6-3-4-7(11)8(12)5-6/h3-5H,1-2H3. The molecule has 0 aliphatic heterocycles. The van der Waals surface area contributed by atoms with Gasteiger partial charge in [-0.3, -0.25) is 0 Å². The van der Waals surface area contributed by atoms with Crippen LogP contribution in [0.2, 0.25) is 0 Å². The lowest BCUT2D eigenvalue weighted by atomic mass is 9.93. The van der Waals surface area contributed by atoms with Gasteiger partial charge >= 0.3 is 5.97 Å². The zero-order valence-electron chi connectivity index (χ0n) is 8.66. The third kappa shape index (κ3) is 2.11. The van der Waals surface area contributed by atoms with Crippen molar-refractivity contribution in [2.45, 2.75) is 12.5 Å². The van der Waals surface area contributed by atoms with Crippen molar-refractivity contribution in [3.63, 3.8) is 0 Å². The van der Waals surface area contributed by atoms with Crippen molar-refractivity contribution in [1.82, 2.24) is 0 Å². The molecule has 0 aromatic heterocycles. The van der Waals surface area contributed by atoms with Crippen LogP contribution in [0.15, 0.2) is 27.8 Å². The van der Waals surface area contributed by atoms with Crippen LogP contribution in [0.1, 0.15) is 12.5 Å². The fraction of sp³-hybridized carbons (Fsp3) is 0.300. The van der Waals surface area contributed by atoms with Crippen molar-refractivity contribution >= 4 is 21.9 Å². The van der Waals surface area contributed by atoms with Crippen LogP contribution in [-0.2, 0) is 15.1 Å². The molecule has 16 heavy (non-hydrogen) atoms. The predicted molar refractivity (Wildman–Crippen MR) is 59.3 cm³/mol. The third-order valence-corrected chi connectivity index (χ3v) is 2.89. The second kappa shape index (κ2) is 4.69. The molecule has 0 saturated carbocycles. The van der Waals surface area contributed by atoms with Gasteiger partial charge in [0, 0.05) is 0 Å². The molecule has 0 spiro atoms. The summed E-state index contributed by atoms with van der Waals surface area (Å²) in [5.74, 6) is -1.40. The van der Waals surface area contributed by atoms with Crippen molar-refractivity contribution < 1.29 is 13.9 Å². The van der Waals surface area contributed by atoms with Crippen molar-refractivity contribution in [3.8, 4) is 0 Å². The van der Waals surface area contributed by atoms with Gasteiger partial charge in [0.2, 0.25) is 5.54 Å². The highest BCUT2D eigenvalue weighted by atomic mass is 79.9. The van der Waals surface area contributed by atoms with E-state index in [9.17, 15) is 14.1 Å². The summed E-state index contributed by atoms with van der Waals surface area (Å²) in [6.45, 7) is 1.27. The molecule has 0 fully saturated rings. The van der Waals surface area contributed by atoms with Crippen molar-refractivity contribution in [2.24, 2.45) is 5.18 Å². The average molecular weight is 290 g/mol. The molecule has 0 heterocycles. The molecule has 0 saturated heterocycles. The number of methoxy groups -OCH3 is 1. The molecule has 0 amide bonds. The first-order valence-corrected chi connectivity index (χ1v) is 5.13. The maximum absolute atomic E-state index is 13.3. The molecule has 0 N–H and O–H groups in total. The number of hydrogen-bond donors (Lipinski definition) is 0. The fourth-order valence-electron chi connectivity index (χ4n) is 1.21. The second-order valence-corrected chi connectivity index (χ2v) is 4.14. The molecule has 86 valence electrons. The van der Waals surface area contributed by atoms with Crippen molar-refractivity contribution in [3.05, 3.63) is 39.0 Å². The molecule has 4 nitrogen and oxygen atoms in total. The number of ether oxygens (including phenoxy) is 1. The van der Waals surface area contributed by atoms with E-state index in [2.05, 4.69) is 25.8 Å². The molecule has 0 aliphatic carbocycles. The number of rotatable bonds is 3. The average Bonchev–Trinajstić information content (AvgIpc) is 2.30. The van der Waals surface area contributed by atoms with Crippen molar-refractivity contribution in [2.75, 3.05) is 7.11 Å². The van der Waals surface area contributed by atoms with Gasteiger partial charge in [-0.2, -0.15) is 0 Å². The Morgan fingerprint density at radius 2 is 2.19 bits per heavy atom. The first kappa shape index (κ1) is 12.8. The van der Waals surface area contributed by atoms with E-state index in [1.807, 2.05) is 0 Å². The molecule has 1 unspecified atom stereocenters. The normalized spacial score (nSPS) is 14.0. The van der Waals surface area contributed by atoms with Crippen LogP contribution in [0.4, 0.5) is 4.39 Å². The Kier molecular flexibility index (Phi) is 3.74. The van der Waals surface area contributed by atoms with Gasteiger partial charge in [0.25, 0.3) is 0 Å². The Hall–Kier alpha value is -1.30. The number of halogens is 2. The Balaban J connectivity index is 3.28. The molecular weight excluding hydrogens is 281 g/mol. The number of benzene rings is 1. The SMILES string of the molecule is COC(=O)C(C)(N=O)c1ccc(Br)c(F)c1. The van der Waals surface area contributed by atoms with E-state index in [0.717, 1.165) is 13.2 Å². The van der Waals surface area contributed by atoms with E-state index in [1.165, 1.54) is 19.1 Å². The zero-order valence-corrected chi connectivity index (χ0v) is 10.2. The summed E-state index contributed by atoms with van der Waals surface area (Å²) in [6.07, 6.45) is 0. The summed E-state index contributed by atoms with van der Waals surface area (Å²) in [4.78, 5) is 22.2. The smallest absolute Gasteiger partial charge is 0.341 e. The predicted octanol–water partition coefficient (Wildman–Crippen LogP) is 2.74. The molecule has 1 aromatic rings. The highest BCUT2D eigenvalue weighted by Gasteiger charge is 2.38. The maximum Gasteiger partial charge on any atom is 0.341 e. The Bertz CT molecular complexity index is 438. The number of esters is 1. The van der Waals surface area contributed by atoms with Gasteiger partial charge < -0.3 is 4.74 Å². The van der Waals surface area contributed by atoms with Gasteiger partial charge in [-0.05, 0) is 45.7 Å². The van der Waals surface area contributed by atoms with Crippen LogP contribution >= 0.6 is 15.9 Å². The molecule has 0 aliphatic rings. The quantitative estimate of drug-likeness (QED) is 0.635. The van der Waals surface area contributed by atoms with Crippen LogP contribution in [0.5, 0.6) is 0 Å². The van der Waals surface area contributed by atoms with E-state index in [4.69, 9.17) is 0 Å². The monoisotopic (exact) mass is 289 g/mol. The topological polar surface area (TPSA) is 55.7 Å². The number of hydrogen-bond acceptors (Lipinski definition) is 4. The largest absolute Gasteiger partial charge is 0.467 e. The van der Waals surface area contributed by atoms with Gasteiger partial charge in [-0.25, -0.2) is 9.18 Å². The van der Waals surface area contributed by atoms with E-state index in [1.54, 1.807) is 0 Å². The summed E-state index contributed by atoms with van der Waals surface area (Å²) >= 11 is 2.97. The number of carbonyl (C=O) groups excluding carboxylic acids is 1. The van der Waals surface area contributed by atoms with Crippen LogP contribution in [-0.4, -0.2) is 13.1 Å². The van der Waals surface area contributed by atoms with Gasteiger partial charge in [-0.15, -0.1) is 4.91 Å². The number of carbonyl (C=O) groups is 1. The summed E-state index contributed by atoms with van der Waals surface area (Å²) < 4.78 is 18.0. The minimum Gasteiger partial charge on any atom is -0.467 e. The molecule has 6 heteroatoms. The lowest BCUT2D eigenvalue weighted by molar-refractivity contribution is -0.146. The summed E-state index contributed by atoms with van der Waals surface area (Å²) in [5, 5.41) is 2.73. The van der Waals surface area contributed by atoms with Gasteiger partial charge in [0.05, 0.1) is 11.6 Å². The fourth-order valence-corrected chi connectivity index (χ4v) is 1.45. The summed E-state index contributed by atoms with van der Waals surface area (Å²) in [6, 6.07) is 3.91. The first-order valence-electron chi connectivity index (χ1n) is 4.34. The number of nitrogens with zero attached hydrogens (tertiary/aromatic N) is 1. The zero-order chi connectivity index (χ0) is 12.3.